The predicted octanol–water partition coefficient (Wildman–Crippen LogP) is 4.48. The standard InChI is InChI=1S/C17H17BrN2O/c1-2-3-4-15-11-20-16(12-19-15)17(21)10-7-13-5-8-14(18)9-6-13/h5-12H,2-4H2,1H3/b10-7+. The van der Waals surface area contributed by atoms with Gasteiger partial charge in [-0.05, 0) is 36.6 Å². The Balaban J connectivity index is 2.01. The molecule has 108 valence electrons. The first-order chi connectivity index (χ1) is 10.2. The molecule has 2 rings (SSSR count). The lowest BCUT2D eigenvalue weighted by Gasteiger charge is -1.99. The minimum Gasteiger partial charge on any atom is -0.287 e. The second-order valence-corrected chi connectivity index (χ2v) is 5.66. The van der Waals surface area contributed by atoms with E-state index in [1.165, 1.54) is 6.08 Å². The van der Waals surface area contributed by atoms with Crippen LogP contribution in [0.5, 0.6) is 0 Å². The van der Waals surface area contributed by atoms with E-state index < -0.39 is 0 Å². The van der Waals surface area contributed by atoms with Crippen molar-refractivity contribution in [2.24, 2.45) is 0 Å². The maximum Gasteiger partial charge on any atom is 0.205 e. The normalized spacial score (nSPS) is 11.0. The average molecular weight is 345 g/mol. The van der Waals surface area contributed by atoms with Crippen molar-refractivity contribution in [2.75, 3.05) is 0 Å². The number of ketones is 1. The summed E-state index contributed by atoms with van der Waals surface area (Å²) in [5.74, 6) is -0.132. The Morgan fingerprint density at radius 2 is 1.95 bits per heavy atom. The first kappa shape index (κ1) is 15.6. The molecular formula is C17H17BrN2O. The SMILES string of the molecule is CCCCc1cnc(C(=O)/C=C/c2ccc(Br)cc2)cn1. The van der Waals surface area contributed by atoms with Gasteiger partial charge in [-0.1, -0.05) is 47.5 Å². The van der Waals surface area contributed by atoms with E-state index in [9.17, 15) is 4.79 Å². The van der Waals surface area contributed by atoms with Gasteiger partial charge in [-0.2, -0.15) is 0 Å². The molecule has 2 aromatic rings. The minimum absolute atomic E-state index is 0.132. The van der Waals surface area contributed by atoms with Crippen LogP contribution in [0.15, 0.2) is 47.2 Å². The maximum atomic E-state index is 12.0. The van der Waals surface area contributed by atoms with Gasteiger partial charge in [0, 0.05) is 10.7 Å². The number of rotatable bonds is 6. The van der Waals surface area contributed by atoms with Gasteiger partial charge in [0.25, 0.3) is 0 Å². The van der Waals surface area contributed by atoms with Crippen LogP contribution in [-0.4, -0.2) is 15.8 Å². The summed E-state index contributed by atoms with van der Waals surface area (Å²) in [7, 11) is 0. The lowest BCUT2D eigenvalue weighted by molar-refractivity contribution is 0.104. The summed E-state index contributed by atoms with van der Waals surface area (Å²) in [6.45, 7) is 2.14. The quantitative estimate of drug-likeness (QED) is 0.573. The Bertz CT molecular complexity index is 618. The van der Waals surface area contributed by atoms with Gasteiger partial charge >= 0.3 is 0 Å². The topological polar surface area (TPSA) is 42.9 Å². The van der Waals surface area contributed by atoms with Crippen molar-refractivity contribution in [3.05, 3.63) is 64.2 Å². The van der Waals surface area contributed by atoms with E-state index in [2.05, 4.69) is 32.8 Å². The van der Waals surface area contributed by atoms with Crippen molar-refractivity contribution >= 4 is 27.8 Å². The van der Waals surface area contributed by atoms with Crippen LogP contribution in [0.2, 0.25) is 0 Å². The van der Waals surface area contributed by atoms with Gasteiger partial charge in [0.1, 0.15) is 5.69 Å². The molecule has 4 heteroatoms. The summed E-state index contributed by atoms with van der Waals surface area (Å²) in [5.41, 5.74) is 2.29. The van der Waals surface area contributed by atoms with Crippen molar-refractivity contribution in [1.82, 2.24) is 9.97 Å². The molecule has 0 saturated carbocycles. The molecule has 0 atom stereocenters. The molecule has 0 aliphatic heterocycles. The zero-order valence-corrected chi connectivity index (χ0v) is 13.5. The molecule has 0 unspecified atom stereocenters. The van der Waals surface area contributed by atoms with Crippen LogP contribution >= 0.6 is 15.9 Å². The van der Waals surface area contributed by atoms with Gasteiger partial charge in [0.2, 0.25) is 5.78 Å². The number of hydrogen-bond acceptors (Lipinski definition) is 3. The molecule has 1 aromatic carbocycles. The zero-order chi connectivity index (χ0) is 15.1. The van der Waals surface area contributed by atoms with Gasteiger partial charge in [-0.25, -0.2) is 4.98 Å². The monoisotopic (exact) mass is 344 g/mol. The van der Waals surface area contributed by atoms with Crippen LogP contribution in [0.25, 0.3) is 6.08 Å². The molecule has 0 radical (unpaired) electrons. The summed E-state index contributed by atoms with van der Waals surface area (Å²) in [5, 5.41) is 0. The maximum absolute atomic E-state index is 12.0. The molecule has 0 aliphatic rings. The van der Waals surface area contributed by atoms with Gasteiger partial charge in [0.15, 0.2) is 0 Å². The number of carbonyl (C=O) groups excluding carboxylic acids is 1. The van der Waals surface area contributed by atoms with Crippen LogP contribution in [0, 0.1) is 0 Å². The molecule has 0 saturated heterocycles. The summed E-state index contributed by atoms with van der Waals surface area (Å²) < 4.78 is 1.01. The lowest BCUT2D eigenvalue weighted by Crippen LogP contribution is -2.01. The molecule has 1 heterocycles. The number of halogens is 1. The van der Waals surface area contributed by atoms with E-state index in [0.717, 1.165) is 35.0 Å². The Labute approximate surface area is 133 Å². The largest absolute Gasteiger partial charge is 0.287 e. The molecular weight excluding hydrogens is 328 g/mol. The number of nitrogens with zero attached hydrogens (tertiary/aromatic N) is 2. The number of unbranched alkanes of at least 4 members (excludes halogenated alkanes) is 1. The van der Waals surface area contributed by atoms with E-state index in [1.807, 2.05) is 24.3 Å². The molecule has 3 nitrogen and oxygen atoms in total. The second kappa shape index (κ2) is 7.84. The first-order valence-corrected chi connectivity index (χ1v) is 7.77. The number of aromatic nitrogens is 2. The highest BCUT2D eigenvalue weighted by Gasteiger charge is 2.04. The Kier molecular flexibility index (Phi) is 5.81. The molecule has 21 heavy (non-hydrogen) atoms. The van der Waals surface area contributed by atoms with Crippen LogP contribution in [0.1, 0.15) is 41.5 Å². The number of carbonyl (C=O) groups is 1. The third-order valence-corrected chi connectivity index (χ3v) is 3.57. The first-order valence-electron chi connectivity index (χ1n) is 6.98. The zero-order valence-electron chi connectivity index (χ0n) is 11.9. The van der Waals surface area contributed by atoms with Crippen LogP contribution in [0.3, 0.4) is 0 Å². The molecule has 0 amide bonds. The third kappa shape index (κ3) is 4.90. The van der Waals surface area contributed by atoms with Gasteiger partial charge in [-0.15, -0.1) is 0 Å². The minimum atomic E-state index is -0.132. The molecule has 1 aromatic heterocycles. The predicted molar refractivity (Wildman–Crippen MR) is 88.2 cm³/mol. The molecule has 0 N–H and O–H groups in total. The molecule has 0 aliphatic carbocycles. The highest BCUT2D eigenvalue weighted by atomic mass is 79.9. The van der Waals surface area contributed by atoms with E-state index in [4.69, 9.17) is 0 Å². The highest BCUT2D eigenvalue weighted by molar-refractivity contribution is 9.10. The molecule has 0 fully saturated rings. The average Bonchev–Trinajstić information content (AvgIpc) is 2.52. The third-order valence-electron chi connectivity index (χ3n) is 3.04. The van der Waals surface area contributed by atoms with E-state index in [1.54, 1.807) is 18.5 Å². The molecule has 0 spiro atoms. The summed E-state index contributed by atoms with van der Waals surface area (Å²) in [6, 6.07) is 7.75. The van der Waals surface area contributed by atoms with Crippen molar-refractivity contribution in [2.45, 2.75) is 26.2 Å². The fourth-order valence-electron chi connectivity index (χ4n) is 1.80. The number of allylic oxidation sites excluding steroid dienone is 1. The van der Waals surface area contributed by atoms with Crippen LogP contribution < -0.4 is 0 Å². The van der Waals surface area contributed by atoms with Gasteiger partial charge in [0.05, 0.1) is 11.9 Å². The van der Waals surface area contributed by atoms with Crippen LogP contribution in [0.4, 0.5) is 0 Å². The summed E-state index contributed by atoms with van der Waals surface area (Å²) in [6.07, 6.45) is 9.67. The lowest BCUT2D eigenvalue weighted by atomic mass is 10.1. The van der Waals surface area contributed by atoms with Crippen molar-refractivity contribution < 1.29 is 4.79 Å². The van der Waals surface area contributed by atoms with E-state index in [0.29, 0.717) is 5.69 Å². The van der Waals surface area contributed by atoms with E-state index in [-0.39, 0.29) is 5.78 Å². The highest BCUT2D eigenvalue weighted by Crippen LogP contribution is 2.12. The summed E-state index contributed by atoms with van der Waals surface area (Å²) >= 11 is 3.38. The van der Waals surface area contributed by atoms with Crippen molar-refractivity contribution in [1.29, 1.82) is 0 Å². The Hall–Kier alpha value is -1.81. The fourth-order valence-corrected chi connectivity index (χ4v) is 2.06. The number of aryl methyl sites for hydroxylation is 1. The van der Waals surface area contributed by atoms with Gasteiger partial charge in [-0.3, -0.25) is 9.78 Å². The van der Waals surface area contributed by atoms with Crippen molar-refractivity contribution in [3.63, 3.8) is 0 Å². The number of hydrogen-bond donors (Lipinski definition) is 0. The smallest absolute Gasteiger partial charge is 0.205 e. The molecule has 0 bridgehead atoms. The summed E-state index contributed by atoms with van der Waals surface area (Å²) in [4.78, 5) is 20.5. The Morgan fingerprint density at radius 3 is 2.57 bits per heavy atom. The van der Waals surface area contributed by atoms with Gasteiger partial charge < -0.3 is 0 Å². The van der Waals surface area contributed by atoms with Crippen LogP contribution in [-0.2, 0) is 6.42 Å². The fraction of sp³-hybridized carbons (Fsp3) is 0.235. The number of benzene rings is 1. The second-order valence-electron chi connectivity index (χ2n) is 4.75. The van der Waals surface area contributed by atoms with E-state index >= 15 is 0 Å². The Morgan fingerprint density at radius 1 is 1.19 bits per heavy atom. The van der Waals surface area contributed by atoms with Crippen molar-refractivity contribution in [3.8, 4) is 0 Å².